The number of nitrogens with one attached hydrogen (secondary N) is 1. The second-order valence-corrected chi connectivity index (χ2v) is 6.55. The summed E-state index contributed by atoms with van der Waals surface area (Å²) in [6.45, 7) is 9.34. The molecule has 1 N–H and O–H groups in total. The molecule has 106 valence electrons. The van der Waals surface area contributed by atoms with E-state index in [2.05, 4.69) is 24.1 Å². The molecule has 3 heteroatoms. The Balaban J connectivity index is 1.83. The zero-order chi connectivity index (χ0) is 13.0. The normalized spacial score (nSPS) is 27.8. The van der Waals surface area contributed by atoms with E-state index in [9.17, 15) is 0 Å². The molecule has 2 rings (SSSR count). The molecule has 18 heavy (non-hydrogen) atoms. The minimum atomic E-state index is 0.0290. The Morgan fingerprint density at radius 3 is 2.61 bits per heavy atom. The van der Waals surface area contributed by atoms with Crippen LogP contribution in [-0.2, 0) is 4.74 Å². The van der Waals surface area contributed by atoms with Crippen molar-refractivity contribution in [2.45, 2.75) is 57.6 Å². The lowest BCUT2D eigenvalue weighted by molar-refractivity contribution is 0.00390. The van der Waals surface area contributed by atoms with Crippen LogP contribution in [0.1, 0.15) is 46.0 Å². The topological polar surface area (TPSA) is 24.5 Å². The van der Waals surface area contributed by atoms with Gasteiger partial charge in [-0.25, -0.2) is 0 Å². The van der Waals surface area contributed by atoms with Gasteiger partial charge in [0.2, 0.25) is 0 Å². The van der Waals surface area contributed by atoms with E-state index in [-0.39, 0.29) is 5.60 Å². The van der Waals surface area contributed by atoms with Crippen LogP contribution in [0.4, 0.5) is 0 Å². The zero-order valence-corrected chi connectivity index (χ0v) is 12.4. The number of piperidine rings is 1. The van der Waals surface area contributed by atoms with Gasteiger partial charge in [-0.15, -0.1) is 0 Å². The first-order chi connectivity index (χ1) is 8.62. The molecule has 0 aromatic carbocycles. The van der Waals surface area contributed by atoms with Crippen molar-refractivity contribution in [3.63, 3.8) is 0 Å². The van der Waals surface area contributed by atoms with Crippen LogP contribution in [0.5, 0.6) is 0 Å². The van der Waals surface area contributed by atoms with E-state index in [1.165, 1.54) is 51.9 Å². The van der Waals surface area contributed by atoms with E-state index in [0.717, 1.165) is 18.4 Å². The minimum absolute atomic E-state index is 0.0290. The van der Waals surface area contributed by atoms with Gasteiger partial charge in [-0.05, 0) is 71.5 Å². The summed E-state index contributed by atoms with van der Waals surface area (Å²) >= 11 is 0. The second-order valence-electron chi connectivity index (χ2n) is 6.55. The van der Waals surface area contributed by atoms with E-state index < -0.39 is 0 Å². The molecule has 0 aromatic heterocycles. The third kappa shape index (κ3) is 3.69. The molecular formula is C15H30N2O. The quantitative estimate of drug-likeness (QED) is 0.814. The van der Waals surface area contributed by atoms with Crippen molar-refractivity contribution >= 4 is 0 Å². The molecule has 2 aliphatic rings. The van der Waals surface area contributed by atoms with E-state index >= 15 is 0 Å². The Hall–Kier alpha value is -0.120. The molecule has 0 amide bonds. The molecule has 1 unspecified atom stereocenters. The Bertz CT molecular complexity index is 249. The standard InChI is InChI=1S/C15H30N2O/c1-15(2,18-3)8-12-17-11-4-5-14(17)13-6-9-16-10-7-13/h13-14,16H,4-12H2,1-3H3. The fourth-order valence-electron chi connectivity index (χ4n) is 3.41. The van der Waals surface area contributed by atoms with Crippen LogP contribution >= 0.6 is 0 Å². The third-order valence-corrected chi connectivity index (χ3v) is 4.90. The molecule has 0 saturated carbocycles. The van der Waals surface area contributed by atoms with E-state index in [1.54, 1.807) is 0 Å². The number of likely N-dealkylation sites (tertiary alicyclic amines) is 1. The average Bonchev–Trinajstić information content (AvgIpc) is 2.86. The van der Waals surface area contributed by atoms with Gasteiger partial charge in [-0.1, -0.05) is 0 Å². The molecule has 0 spiro atoms. The summed E-state index contributed by atoms with van der Waals surface area (Å²) in [5.41, 5.74) is 0.0290. The minimum Gasteiger partial charge on any atom is -0.379 e. The summed E-state index contributed by atoms with van der Waals surface area (Å²) in [5, 5.41) is 3.48. The Kier molecular flexibility index (Phi) is 5.05. The molecule has 2 heterocycles. The molecule has 0 bridgehead atoms. The third-order valence-electron chi connectivity index (χ3n) is 4.90. The first-order valence-corrected chi connectivity index (χ1v) is 7.62. The van der Waals surface area contributed by atoms with Gasteiger partial charge in [-0.3, -0.25) is 0 Å². The van der Waals surface area contributed by atoms with Gasteiger partial charge < -0.3 is 15.0 Å². The highest BCUT2D eigenvalue weighted by Crippen LogP contribution is 2.30. The Morgan fingerprint density at radius 2 is 1.94 bits per heavy atom. The van der Waals surface area contributed by atoms with Gasteiger partial charge in [0.05, 0.1) is 5.60 Å². The smallest absolute Gasteiger partial charge is 0.0634 e. The predicted molar refractivity (Wildman–Crippen MR) is 75.9 cm³/mol. The Morgan fingerprint density at radius 1 is 1.22 bits per heavy atom. The molecular weight excluding hydrogens is 224 g/mol. The first-order valence-electron chi connectivity index (χ1n) is 7.62. The lowest BCUT2D eigenvalue weighted by atomic mass is 9.88. The van der Waals surface area contributed by atoms with Crippen LogP contribution in [0, 0.1) is 5.92 Å². The van der Waals surface area contributed by atoms with Crippen molar-refractivity contribution < 1.29 is 4.74 Å². The van der Waals surface area contributed by atoms with Crippen molar-refractivity contribution in [3.05, 3.63) is 0 Å². The number of ether oxygens (including phenoxy) is 1. The van der Waals surface area contributed by atoms with Crippen LogP contribution in [0.3, 0.4) is 0 Å². The largest absolute Gasteiger partial charge is 0.379 e. The highest BCUT2D eigenvalue weighted by Gasteiger charge is 2.32. The second kappa shape index (κ2) is 6.36. The fourth-order valence-corrected chi connectivity index (χ4v) is 3.41. The SMILES string of the molecule is COC(C)(C)CCN1CCCC1C1CCNCC1. The van der Waals surface area contributed by atoms with Gasteiger partial charge in [0.15, 0.2) is 0 Å². The molecule has 2 fully saturated rings. The number of nitrogens with zero attached hydrogens (tertiary/aromatic N) is 1. The number of hydrogen-bond acceptors (Lipinski definition) is 3. The monoisotopic (exact) mass is 254 g/mol. The van der Waals surface area contributed by atoms with Crippen molar-refractivity contribution in [2.24, 2.45) is 5.92 Å². The van der Waals surface area contributed by atoms with Crippen molar-refractivity contribution in [1.29, 1.82) is 0 Å². The summed E-state index contributed by atoms with van der Waals surface area (Å²) < 4.78 is 5.54. The highest BCUT2D eigenvalue weighted by molar-refractivity contribution is 4.88. The van der Waals surface area contributed by atoms with Crippen LogP contribution in [0.2, 0.25) is 0 Å². The summed E-state index contributed by atoms with van der Waals surface area (Å²) in [6, 6.07) is 0.847. The fraction of sp³-hybridized carbons (Fsp3) is 1.00. The maximum Gasteiger partial charge on any atom is 0.0634 e. The summed E-state index contributed by atoms with van der Waals surface area (Å²) in [6.07, 6.45) is 6.69. The molecule has 1 atom stereocenters. The maximum atomic E-state index is 5.54. The van der Waals surface area contributed by atoms with Gasteiger partial charge >= 0.3 is 0 Å². The van der Waals surface area contributed by atoms with Crippen molar-refractivity contribution in [1.82, 2.24) is 10.2 Å². The lowest BCUT2D eigenvalue weighted by Crippen LogP contribution is -2.42. The highest BCUT2D eigenvalue weighted by atomic mass is 16.5. The molecule has 0 radical (unpaired) electrons. The summed E-state index contributed by atoms with van der Waals surface area (Å²) in [7, 11) is 1.83. The van der Waals surface area contributed by atoms with Crippen LogP contribution in [0.15, 0.2) is 0 Å². The van der Waals surface area contributed by atoms with Crippen LogP contribution in [-0.4, -0.2) is 49.8 Å². The summed E-state index contributed by atoms with van der Waals surface area (Å²) in [4.78, 5) is 2.73. The average molecular weight is 254 g/mol. The molecule has 0 aromatic rings. The summed E-state index contributed by atoms with van der Waals surface area (Å²) in [5.74, 6) is 0.930. The van der Waals surface area contributed by atoms with Gasteiger partial charge in [0.1, 0.15) is 0 Å². The number of rotatable bonds is 5. The number of methoxy groups -OCH3 is 1. The Labute approximate surface area is 112 Å². The zero-order valence-electron chi connectivity index (χ0n) is 12.4. The van der Waals surface area contributed by atoms with E-state index in [0.29, 0.717) is 0 Å². The predicted octanol–water partition coefficient (Wildman–Crippen LogP) is 2.27. The van der Waals surface area contributed by atoms with Gasteiger partial charge in [0, 0.05) is 19.7 Å². The lowest BCUT2D eigenvalue weighted by Gasteiger charge is -2.36. The first kappa shape index (κ1) is 14.3. The van der Waals surface area contributed by atoms with E-state index in [4.69, 9.17) is 4.74 Å². The van der Waals surface area contributed by atoms with Crippen LogP contribution in [0.25, 0.3) is 0 Å². The van der Waals surface area contributed by atoms with Crippen LogP contribution < -0.4 is 5.32 Å². The van der Waals surface area contributed by atoms with Gasteiger partial charge in [-0.2, -0.15) is 0 Å². The number of hydrogen-bond donors (Lipinski definition) is 1. The maximum absolute atomic E-state index is 5.54. The van der Waals surface area contributed by atoms with E-state index in [1.807, 2.05) is 7.11 Å². The molecule has 2 aliphatic heterocycles. The molecule has 0 aliphatic carbocycles. The molecule has 2 saturated heterocycles. The van der Waals surface area contributed by atoms with Gasteiger partial charge in [0.25, 0.3) is 0 Å². The van der Waals surface area contributed by atoms with Crippen molar-refractivity contribution in [2.75, 3.05) is 33.3 Å². The molecule has 3 nitrogen and oxygen atoms in total. The van der Waals surface area contributed by atoms with Crippen molar-refractivity contribution in [3.8, 4) is 0 Å².